The maximum Gasteiger partial charge on any atom is 0.277 e. The van der Waals surface area contributed by atoms with Gasteiger partial charge in [-0.2, -0.15) is 0 Å². The van der Waals surface area contributed by atoms with E-state index < -0.39 is 43.7 Å². The minimum atomic E-state index is -4.54. The number of carbonyl (C=O) groups excluding carboxylic acids is 1. The van der Waals surface area contributed by atoms with Gasteiger partial charge < -0.3 is 5.32 Å². The molecule has 0 unspecified atom stereocenters. The molecule has 1 fully saturated rings. The normalized spacial score (nSPS) is 13.5. The Morgan fingerprint density at radius 1 is 1.11 bits per heavy atom. The summed E-state index contributed by atoms with van der Waals surface area (Å²) in [5, 5.41) is 2.68. The number of anilines is 2. The number of halogens is 3. The molecule has 1 saturated carbocycles. The molecule has 1 heterocycles. The maximum absolute atomic E-state index is 15.2. The molecular weight excluding hydrogens is 593 g/mol. The second-order valence-corrected chi connectivity index (χ2v) is 10.9. The van der Waals surface area contributed by atoms with E-state index in [9.17, 15) is 13.2 Å². The van der Waals surface area contributed by atoms with Crippen LogP contribution in [0, 0.1) is 21.1 Å². The first-order valence-electron chi connectivity index (χ1n) is 10.6. The monoisotopic (exact) mass is 614 g/mol. The highest BCUT2D eigenvalue weighted by atomic mass is 127. The summed E-state index contributed by atoms with van der Waals surface area (Å²) in [5.74, 6) is -3.73. The van der Waals surface area contributed by atoms with Crippen LogP contribution in [0.4, 0.5) is 20.2 Å². The largest absolute Gasteiger partial charge is 0.352 e. The Labute approximate surface area is 214 Å². The molecule has 1 amide bonds. The lowest BCUT2D eigenvalue weighted by molar-refractivity contribution is 0.0270. The molecule has 2 aromatic carbocycles. The number of amides is 1. The van der Waals surface area contributed by atoms with Crippen molar-refractivity contribution in [2.24, 2.45) is 5.92 Å². The lowest BCUT2D eigenvalue weighted by atomic mass is 10.1. The molecule has 1 aliphatic carbocycles. The standard InChI is InChI=1S/C23H21F2IN4O4S/c24-20-19(35(32,33)28-12-17-3-1-2-10-27-17)11-18(23(31)30-34-13-14-4-5-14)22(21(20)25)29-16-8-6-15(26)7-9-16/h1-3,6-11,14,28-29H,4-5,12-13H2,(H,30,31). The maximum atomic E-state index is 15.2. The van der Waals surface area contributed by atoms with Crippen LogP contribution in [0.3, 0.4) is 0 Å². The summed E-state index contributed by atoms with van der Waals surface area (Å²) >= 11 is 2.09. The molecule has 184 valence electrons. The van der Waals surface area contributed by atoms with Gasteiger partial charge in [0.1, 0.15) is 4.90 Å². The molecule has 0 radical (unpaired) electrons. The highest BCUT2D eigenvalue weighted by molar-refractivity contribution is 14.1. The molecule has 0 aliphatic heterocycles. The summed E-state index contributed by atoms with van der Waals surface area (Å²) in [6, 6.07) is 12.4. The van der Waals surface area contributed by atoms with Gasteiger partial charge in [0.2, 0.25) is 10.0 Å². The van der Waals surface area contributed by atoms with E-state index in [1.54, 1.807) is 42.5 Å². The fourth-order valence-electron chi connectivity index (χ4n) is 3.09. The fourth-order valence-corrected chi connectivity index (χ4v) is 4.54. The highest BCUT2D eigenvalue weighted by Gasteiger charge is 2.30. The highest BCUT2D eigenvalue weighted by Crippen LogP contribution is 2.32. The molecule has 4 rings (SSSR count). The van der Waals surface area contributed by atoms with Crippen LogP contribution in [0.15, 0.2) is 59.6 Å². The van der Waals surface area contributed by atoms with E-state index in [0.29, 0.717) is 17.3 Å². The van der Waals surface area contributed by atoms with Gasteiger partial charge in [0.25, 0.3) is 5.91 Å². The van der Waals surface area contributed by atoms with Gasteiger partial charge in [0.05, 0.1) is 30.1 Å². The van der Waals surface area contributed by atoms with E-state index in [1.165, 1.54) is 6.20 Å². The predicted molar refractivity (Wildman–Crippen MR) is 133 cm³/mol. The SMILES string of the molecule is O=C(NOCC1CC1)c1cc(S(=O)(=O)NCc2ccccn2)c(F)c(F)c1Nc1ccc(I)cc1. The third kappa shape index (κ3) is 6.51. The van der Waals surface area contributed by atoms with Gasteiger partial charge in [-0.25, -0.2) is 27.4 Å². The van der Waals surface area contributed by atoms with E-state index in [0.717, 1.165) is 22.5 Å². The molecule has 3 aromatic rings. The zero-order valence-corrected chi connectivity index (χ0v) is 21.2. The minimum absolute atomic E-state index is 0.251. The Bertz CT molecular complexity index is 1320. The molecule has 1 aliphatic rings. The molecule has 0 saturated heterocycles. The van der Waals surface area contributed by atoms with E-state index in [-0.39, 0.29) is 13.2 Å². The number of carbonyl (C=O) groups is 1. The second-order valence-electron chi connectivity index (χ2n) is 7.89. The smallest absolute Gasteiger partial charge is 0.277 e. The third-order valence-electron chi connectivity index (χ3n) is 5.17. The zero-order chi connectivity index (χ0) is 25.0. The van der Waals surface area contributed by atoms with Gasteiger partial charge in [-0.3, -0.25) is 14.6 Å². The molecule has 35 heavy (non-hydrogen) atoms. The van der Waals surface area contributed by atoms with Crippen LogP contribution < -0.4 is 15.5 Å². The van der Waals surface area contributed by atoms with Crippen molar-refractivity contribution < 1.29 is 26.8 Å². The van der Waals surface area contributed by atoms with Crippen LogP contribution in [-0.2, 0) is 21.4 Å². The first kappa shape index (κ1) is 25.4. The quantitative estimate of drug-likeness (QED) is 0.233. The number of hydroxylamine groups is 1. The van der Waals surface area contributed by atoms with E-state index in [1.807, 2.05) is 0 Å². The van der Waals surface area contributed by atoms with Crippen LogP contribution in [0.25, 0.3) is 0 Å². The summed E-state index contributed by atoms with van der Waals surface area (Å²) in [6.07, 6.45) is 3.43. The number of sulfonamides is 1. The van der Waals surface area contributed by atoms with Crippen LogP contribution in [0.1, 0.15) is 28.9 Å². The summed E-state index contributed by atoms with van der Waals surface area (Å²) < 4.78 is 59.1. The number of benzene rings is 2. The molecule has 0 bridgehead atoms. The van der Waals surface area contributed by atoms with Crippen LogP contribution in [-0.4, -0.2) is 25.9 Å². The fraction of sp³-hybridized carbons (Fsp3) is 0.217. The summed E-state index contributed by atoms with van der Waals surface area (Å²) in [5.41, 5.74) is 2.00. The van der Waals surface area contributed by atoms with Crippen molar-refractivity contribution in [3.63, 3.8) is 0 Å². The molecular formula is C23H21F2IN4O4S. The van der Waals surface area contributed by atoms with Crippen LogP contribution in [0.2, 0.25) is 0 Å². The molecule has 1 aromatic heterocycles. The Hall–Kier alpha value is -2.68. The third-order valence-corrected chi connectivity index (χ3v) is 7.29. The number of hydrogen-bond donors (Lipinski definition) is 3. The van der Waals surface area contributed by atoms with E-state index in [4.69, 9.17) is 4.84 Å². The number of nitrogens with zero attached hydrogens (tertiary/aromatic N) is 1. The average Bonchev–Trinajstić information content (AvgIpc) is 3.67. The Kier molecular flexibility index (Phi) is 7.94. The van der Waals surface area contributed by atoms with Gasteiger partial charge in [0.15, 0.2) is 11.6 Å². The first-order valence-corrected chi connectivity index (χ1v) is 13.2. The lowest BCUT2D eigenvalue weighted by Crippen LogP contribution is -2.28. The minimum Gasteiger partial charge on any atom is -0.352 e. The topological polar surface area (TPSA) is 109 Å². The number of rotatable bonds is 10. The van der Waals surface area contributed by atoms with Gasteiger partial charge >= 0.3 is 0 Å². The van der Waals surface area contributed by atoms with Crippen molar-refractivity contribution in [2.75, 3.05) is 11.9 Å². The summed E-state index contributed by atoms with van der Waals surface area (Å²) in [4.78, 5) is 21.0. The van der Waals surface area contributed by atoms with Crippen molar-refractivity contribution in [2.45, 2.75) is 24.3 Å². The molecule has 0 atom stereocenters. The first-order chi connectivity index (χ1) is 16.7. The predicted octanol–water partition coefficient (Wildman–Crippen LogP) is 4.26. The Morgan fingerprint density at radius 3 is 2.51 bits per heavy atom. The van der Waals surface area contributed by atoms with Gasteiger partial charge in [-0.1, -0.05) is 6.07 Å². The van der Waals surface area contributed by atoms with Crippen molar-refractivity contribution in [1.29, 1.82) is 0 Å². The molecule has 0 spiro atoms. The van der Waals surface area contributed by atoms with Crippen LogP contribution >= 0.6 is 22.6 Å². The van der Waals surface area contributed by atoms with Crippen molar-refractivity contribution in [3.05, 3.63) is 81.2 Å². The number of hydrogen-bond acceptors (Lipinski definition) is 6. The number of aromatic nitrogens is 1. The Balaban J connectivity index is 1.67. The lowest BCUT2D eigenvalue weighted by Gasteiger charge is -2.17. The Morgan fingerprint density at radius 2 is 1.86 bits per heavy atom. The van der Waals surface area contributed by atoms with E-state index >= 15 is 8.78 Å². The molecule has 8 nitrogen and oxygen atoms in total. The summed E-state index contributed by atoms with van der Waals surface area (Å²) in [6.45, 7) is 0.0189. The molecule has 3 N–H and O–H groups in total. The molecule has 12 heteroatoms. The number of pyridine rings is 1. The average molecular weight is 614 g/mol. The van der Waals surface area contributed by atoms with Gasteiger partial charge in [-0.15, -0.1) is 0 Å². The van der Waals surface area contributed by atoms with Crippen molar-refractivity contribution in [3.8, 4) is 0 Å². The second kappa shape index (κ2) is 10.9. The van der Waals surface area contributed by atoms with Crippen LogP contribution in [0.5, 0.6) is 0 Å². The van der Waals surface area contributed by atoms with Crippen molar-refractivity contribution in [1.82, 2.24) is 15.2 Å². The number of nitrogens with one attached hydrogen (secondary N) is 3. The van der Waals surface area contributed by atoms with E-state index in [2.05, 4.69) is 43.1 Å². The zero-order valence-electron chi connectivity index (χ0n) is 18.2. The summed E-state index contributed by atoms with van der Waals surface area (Å²) in [7, 11) is -4.54. The van der Waals surface area contributed by atoms with Gasteiger partial charge in [0, 0.05) is 15.5 Å². The van der Waals surface area contributed by atoms with Gasteiger partial charge in [-0.05, 0) is 83.8 Å². The van der Waals surface area contributed by atoms with Crippen molar-refractivity contribution >= 4 is 49.9 Å².